The number of aromatic carboxylic acids is 1. The number of benzene rings is 2. The number of aromatic nitrogens is 1. The van der Waals surface area contributed by atoms with Gasteiger partial charge in [-0.15, -0.1) is 0 Å². The predicted molar refractivity (Wildman–Crippen MR) is 106 cm³/mol. The van der Waals surface area contributed by atoms with Crippen LogP contribution in [0.25, 0.3) is 11.1 Å². The van der Waals surface area contributed by atoms with E-state index in [9.17, 15) is 14.3 Å². The Morgan fingerprint density at radius 2 is 2.00 bits per heavy atom. The molecular weight excluding hydrogens is 363 g/mol. The van der Waals surface area contributed by atoms with Crippen molar-refractivity contribution in [3.8, 4) is 11.1 Å². The maximum atomic E-state index is 13.4. The number of hydrogen-bond acceptors (Lipinski definition) is 4. The minimum Gasteiger partial charge on any atom is -0.477 e. The first-order chi connectivity index (χ1) is 13.1. The van der Waals surface area contributed by atoms with Crippen molar-refractivity contribution in [2.75, 3.05) is 11.4 Å². The van der Waals surface area contributed by atoms with E-state index in [-0.39, 0.29) is 10.7 Å². The molecule has 1 heterocycles. The van der Waals surface area contributed by atoms with E-state index < -0.39 is 5.97 Å². The lowest BCUT2D eigenvalue weighted by Crippen LogP contribution is -2.16. The fourth-order valence-electron chi connectivity index (χ4n) is 3.22. The summed E-state index contributed by atoms with van der Waals surface area (Å²) in [7, 11) is 0. The Morgan fingerprint density at radius 3 is 2.59 bits per heavy atom. The van der Waals surface area contributed by atoms with E-state index >= 15 is 0 Å². The molecule has 1 N–H and O–H groups in total. The van der Waals surface area contributed by atoms with E-state index in [1.807, 2.05) is 11.8 Å². The largest absolute Gasteiger partial charge is 0.477 e. The molecule has 6 heteroatoms. The van der Waals surface area contributed by atoms with Gasteiger partial charge in [-0.2, -0.15) is 0 Å². The van der Waals surface area contributed by atoms with Gasteiger partial charge in [0, 0.05) is 12.1 Å². The zero-order chi connectivity index (χ0) is 19.0. The maximum absolute atomic E-state index is 13.4. The van der Waals surface area contributed by atoms with Crippen LogP contribution in [0.15, 0.2) is 48.7 Å². The van der Waals surface area contributed by atoms with E-state index in [0.717, 1.165) is 28.2 Å². The summed E-state index contributed by atoms with van der Waals surface area (Å²) in [6, 6.07) is 12.9. The summed E-state index contributed by atoms with van der Waals surface area (Å²) in [4.78, 5) is 17.7. The van der Waals surface area contributed by atoms with Gasteiger partial charge < -0.3 is 10.0 Å². The number of rotatable bonds is 6. The van der Waals surface area contributed by atoms with E-state index in [1.165, 1.54) is 36.7 Å². The van der Waals surface area contributed by atoms with E-state index in [0.29, 0.717) is 17.6 Å². The third-order valence-corrected chi connectivity index (χ3v) is 5.78. The first-order valence-corrected chi connectivity index (χ1v) is 9.75. The number of carboxylic acids is 1. The van der Waals surface area contributed by atoms with E-state index in [1.54, 1.807) is 12.1 Å². The lowest BCUT2D eigenvalue weighted by atomic mass is 9.98. The van der Waals surface area contributed by atoms with Crippen LogP contribution in [0.5, 0.6) is 0 Å². The van der Waals surface area contributed by atoms with Crippen molar-refractivity contribution in [3.63, 3.8) is 0 Å². The molecule has 0 saturated heterocycles. The summed E-state index contributed by atoms with van der Waals surface area (Å²) in [5.74, 6) is -0.638. The van der Waals surface area contributed by atoms with Crippen LogP contribution < -0.4 is 4.90 Å². The molecule has 1 aromatic heterocycles. The van der Waals surface area contributed by atoms with Crippen LogP contribution in [0.2, 0.25) is 0 Å². The molecule has 4 nitrogen and oxygen atoms in total. The fourth-order valence-corrected chi connectivity index (χ4v) is 4.05. The molecule has 0 radical (unpaired) electrons. The molecule has 0 atom stereocenters. The van der Waals surface area contributed by atoms with E-state index in [2.05, 4.69) is 23.2 Å². The standard InChI is InChI=1S/C21H19FN2O2S/c1-2-24(21-23-12-19(27-21)20(25)26)18-10-7-15(13-3-4-13)11-17(18)14-5-8-16(22)9-6-14/h5-13H,2-4H2,1H3,(H,25,26). The average Bonchev–Trinajstić information content (AvgIpc) is 3.40. The zero-order valence-electron chi connectivity index (χ0n) is 14.9. The van der Waals surface area contributed by atoms with Gasteiger partial charge in [-0.25, -0.2) is 14.2 Å². The van der Waals surface area contributed by atoms with E-state index in [4.69, 9.17) is 0 Å². The summed E-state index contributed by atoms with van der Waals surface area (Å²) in [6.45, 7) is 2.65. The highest BCUT2D eigenvalue weighted by molar-refractivity contribution is 7.17. The second-order valence-electron chi connectivity index (χ2n) is 6.61. The average molecular weight is 382 g/mol. The monoisotopic (exact) mass is 382 g/mol. The zero-order valence-corrected chi connectivity index (χ0v) is 15.7. The summed E-state index contributed by atoms with van der Waals surface area (Å²) < 4.78 is 13.4. The Bertz CT molecular complexity index is 980. The topological polar surface area (TPSA) is 53.4 Å². The van der Waals surface area contributed by atoms with Gasteiger partial charge in [0.15, 0.2) is 5.13 Å². The Balaban J connectivity index is 1.81. The van der Waals surface area contributed by atoms with Crippen molar-refractivity contribution in [1.82, 2.24) is 4.98 Å². The van der Waals surface area contributed by atoms with Crippen molar-refractivity contribution in [3.05, 3.63) is 64.9 Å². The Labute approximate surface area is 160 Å². The van der Waals surface area contributed by atoms with Crippen molar-refractivity contribution < 1.29 is 14.3 Å². The summed E-state index contributed by atoms with van der Waals surface area (Å²) in [5, 5.41) is 9.84. The van der Waals surface area contributed by atoms with Gasteiger partial charge in [0.25, 0.3) is 0 Å². The minimum atomic E-state index is -0.974. The number of thiazole rings is 1. The second-order valence-corrected chi connectivity index (χ2v) is 7.62. The molecule has 0 bridgehead atoms. The van der Waals surface area contributed by atoms with Gasteiger partial charge in [-0.1, -0.05) is 29.5 Å². The normalized spacial score (nSPS) is 13.6. The number of carboxylic acid groups (broad SMARTS) is 1. The Kier molecular flexibility index (Phi) is 4.66. The van der Waals surface area contributed by atoms with Crippen LogP contribution in [0.4, 0.5) is 15.2 Å². The number of hydrogen-bond donors (Lipinski definition) is 1. The highest BCUT2D eigenvalue weighted by Gasteiger charge is 2.25. The second kappa shape index (κ2) is 7.12. The molecule has 0 amide bonds. The molecule has 0 unspecified atom stereocenters. The molecule has 0 aliphatic heterocycles. The molecule has 1 fully saturated rings. The van der Waals surface area contributed by atoms with Crippen molar-refractivity contribution in [2.24, 2.45) is 0 Å². The van der Waals surface area contributed by atoms with Gasteiger partial charge in [0.1, 0.15) is 10.7 Å². The molecule has 1 aliphatic rings. The first-order valence-electron chi connectivity index (χ1n) is 8.93. The quantitative estimate of drug-likeness (QED) is 0.596. The molecule has 4 rings (SSSR count). The molecule has 0 spiro atoms. The number of anilines is 2. The van der Waals surface area contributed by atoms with Gasteiger partial charge in [-0.05, 0) is 61.1 Å². The van der Waals surface area contributed by atoms with Gasteiger partial charge in [0.05, 0.1) is 11.9 Å². The SMILES string of the molecule is CCN(c1ncc(C(=O)O)s1)c1ccc(C2CC2)cc1-c1ccc(F)cc1. The fraction of sp³-hybridized carbons (Fsp3) is 0.238. The lowest BCUT2D eigenvalue weighted by molar-refractivity contribution is 0.0702. The first kappa shape index (κ1) is 17.7. The molecular formula is C21H19FN2O2S. The van der Waals surface area contributed by atoms with Crippen molar-refractivity contribution >= 4 is 28.1 Å². The molecule has 1 aliphatic carbocycles. The van der Waals surface area contributed by atoms with Gasteiger partial charge in [-0.3, -0.25) is 0 Å². The smallest absolute Gasteiger partial charge is 0.347 e. The predicted octanol–water partition coefficient (Wildman–Crippen LogP) is 5.68. The van der Waals surface area contributed by atoms with Crippen LogP contribution in [0, 0.1) is 5.82 Å². The van der Waals surface area contributed by atoms with Crippen LogP contribution in [0.3, 0.4) is 0 Å². The lowest BCUT2D eigenvalue weighted by Gasteiger charge is -2.24. The molecule has 138 valence electrons. The molecule has 2 aromatic carbocycles. The summed E-state index contributed by atoms with van der Waals surface area (Å²) in [6.07, 6.45) is 3.80. The van der Waals surface area contributed by atoms with Crippen LogP contribution in [-0.2, 0) is 0 Å². The van der Waals surface area contributed by atoms with Gasteiger partial charge >= 0.3 is 5.97 Å². The highest BCUT2D eigenvalue weighted by Crippen LogP contribution is 2.44. The third-order valence-electron chi connectivity index (χ3n) is 4.77. The van der Waals surface area contributed by atoms with Gasteiger partial charge in [0.2, 0.25) is 0 Å². The number of carbonyl (C=O) groups is 1. The summed E-state index contributed by atoms with van der Waals surface area (Å²) in [5.41, 5.74) is 4.18. The molecule has 27 heavy (non-hydrogen) atoms. The van der Waals surface area contributed by atoms with Crippen LogP contribution in [0.1, 0.15) is 40.9 Å². The third kappa shape index (κ3) is 3.57. The molecule has 1 saturated carbocycles. The highest BCUT2D eigenvalue weighted by atomic mass is 32.1. The van der Waals surface area contributed by atoms with Crippen molar-refractivity contribution in [1.29, 1.82) is 0 Å². The maximum Gasteiger partial charge on any atom is 0.347 e. The van der Waals surface area contributed by atoms with Crippen LogP contribution in [-0.4, -0.2) is 22.6 Å². The minimum absolute atomic E-state index is 0.210. The molecule has 3 aromatic rings. The van der Waals surface area contributed by atoms with Crippen LogP contribution >= 0.6 is 11.3 Å². The number of halogens is 1. The summed E-state index contributed by atoms with van der Waals surface area (Å²) >= 11 is 1.15. The number of nitrogens with zero attached hydrogens (tertiary/aromatic N) is 2. The van der Waals surface area contributed by atoms with Crippen molar-refractivity contribution in [2.45, 2.75) is 25.7 Å². The Morgan fingerprint density at radius 1 is 1.26 bits per heavy atom. The Hall–Kier alpha value is -2.73.